The molecule has 0 rings (SSSR count). The molecule has 0 aliphatic heterocycles. The van der Waals surface area contributed by atoms with Crippen molar-refractivity contribution in [3.8, 4) is 0 Å². The molecule has 0 N–H and O–H groups in total. The average Bonchev–Trinajstić information content (AvgIpc) is 1.41. The van der Waals surface area contributed by atoms with Gasteiger partial charge < -0.3 is 5.32 Å². The average molecular weight is 329 g/mol. The number of hydrogen-bond donors (Lipinski definition) is 0. The van der Waals surface area contributed by atoms with Crippen molar-refractivity contribution in [1.82, 2.24) is 0 Å². The molecule has 3 radical (unpaired) electrons. The van der Waals surface area contributed by atoms with Gasteiger partial charge in [-0.05, 0) is 0 Å². The van der Waals surface area contributed by atoms with Crippen molar-refractivity contribution in [3.05, 3.63) is 5.32 Å². The first-order valence-electron chi connectivity index (χ1n) is 2.05. The van der Waals surface area contributed by atoms with Gasteiger partial charge in [-0.15, -0.1) is 0 Å². The molecule has 0 aromatic rings. The third-order valence-electron chi connectivity index (χ3n) is 0.447. The SMILES string of the molecule is CC[N-]CC.[Bi].[Ti]. The zero-order chi connectivity index (χ0) is 4.12. The summed E-state index contributed by atoms with van der Waals surface area (Å²) in [5.41, 5.74) is 0. The minimum Gasteiger partial charge on any atom is -0.663 e. The van der Waals surface area contributed by atoms with E-state index >= 15 is 0 Å². The number of hydrogen-bond acceptors (Lipinski definition) is 0. The van der Waals surface area contributed by atoms with Crippen LogP contribution in [0.4, 0.5) is 0 Å². The van der Waals surface area contributed by atoms with E-state index in [2.05, 4.69) is 5.32 Å². The Morgan fingerprint density at radius 3 is 1.43 bits per heavy atom. The smallest absolute Gasteiger partial charge is 0 e. The first kappa shape index (κ1) is 15.8. The second-order valence-corrected chi connectivity index (χ2v) is 0.856. The van der Waals surface area contributed by atoms with Gasteiger partial charge in [-0.3, -0.25) is 0 Å². The van der Waals surface area contributed by atoms with E-state index in [0.717, 1.165) is 13.1 Å². The van der Waals surface area contributed by atoms with Crippen molar-refractivity contribution in [1.29, 1.82) is 0 Å². The van der Waals surface area contributed by atoms with Crippen molar-refractivity contribution >= 4 is 26.2 Å². The van der Waals surface area contributed by atoms with Crippen molar-refractivity contribution in [2.75, 3.05) is 13.1 Å². The van der Waals surface area contributed by atoms with E-state index in [4.69, 9.17) is 0 Å². The van der Waals surface area contributed by atoms with Gasteiger partial charge in [0.15, 0.2) is 0 Å². The van der Waals surface area contributed by atoms with Crippen LogP contribution >= 0.6 is 0 Å². The van der Waals surface area contributed by atoms with Crippen LogP contribution in [0.1, 0.15) is 13.8 Å². The van der Waals surface area contributed by atoms with Crippen LogP contribution in [0.3, 0.4) is 0 Å². The summed E-state index contributed by atoms with van der Waals surface area (Å²) in [6.07, 6.45) is 0. The molecule has 0 atom stereocenters. The molecule has 0 saturated heterocycles. The standard InChI is InChI=1S/C4H10N.Bi.Ti/c1-3-5-4-2;;/h3-4H2,1-2H3;;/q-1;;. The van der Waals surface area contributed by atoms with Crippen LogP contribution in [0, 0.1) is 0 Å². The molecular weight excluding hydrogens is 319 g/mol. The molecule has 0 aromatic carbocycles. The molecule has 0 bridgehead atoms. The van der Waals surface area contributed by atoms with Crippen LogP contribution in [-0.4, -0.2) is 39.3 Å². The van der Waals surface area contributed by atoms with E-state index in [-0.39, 0.29) is 47.9 Å². The molecule has 0 aliphatic carbocycles. The zero-order valence-electron chi connectivity index (χ0n) is 4.81. The molecule has 0 spiro atoms. The molecule has 0 saturated carbocycles. The van der Waals surface area contributed by atoms with Crippen LogP contribution < -0.4 is 0 Å². The number of rotatable bonds is 2. The van der Waals surface area contributed by atoms with Crippen LogP contribution in [0.25, 0.3) is 5.32 Å². The van der Waals surface area contributed by atoms with Gasteiger partial charge in [0.25, 0.3) is 0 Å². The molecule has 0 aromatic heterocycles. The fourth-order valence-electron chi connectivity index (χ4n) is 0.224. The van der Waals surface area contributed by atoms with Gasteiger partial charge in [0.1, 0.15) is 0 Å². The Bertz CT molecular complexity index is 19.2. The van der Waals surface area contributed by atoms with Crippen LogP contribution in [0.2, 0.25) is 0 Å². The summed E-state index contributed by atoms with van der Waals surface area (Å²) in [4.78, 5) is 0. The Hall–Kier alpha value is 1.56. The topological polar surface area (TPSA) is 14.1 Å². The summed E-state index contributed by atoms with van der Waals surface area (Å²) < 4.78 is 0. The van der Waals surface area contributed by atoms with E-state index in [1.807, 2.05) is 13.8 Å². The zero-order valence-corrected chi connectivity index (χ0v) is 9.85. The van der Waals surface area contributed by atoms with Gasteiger partial charge >= 0.3 is 0 Å². The van der Waals surface area contributed by atoms with Crippen molar-refractivity contribution in [3.63, 3.8) is 0 Å². The third-order valence-corrected chi connectivity index (χ3v) is 0.447. The van der Waals surface area contributed by atoms with E-state index < -0.39 is 0 Å². The number of nitrogens with zero attached hydrogens (tertiary/aromatic N) is 1. The van der Waals surface area contributed by atoms with Crippen molar-refractivity contribution in [2.45, 2.75) is 13.8 Å². The largest absolute Gasteiger partial charge is 0.663 e. The fraction of sp³-hybridized carbons (Fsp3) is 1.00. The first-order valence-corrected chi connectivity index (χ1v) is 2.05. The molecule has 3 heteroatoms. The van der Waals surface area contributed by atoms with Gasteiger partial charge in [-0.1, -0.05) is 13.8 Å². The maximum Gasteiger partial charge on any atom is 0 e. The van der Waals surface area contributed by atoms with Crippen molar-refractivity contribution in [2.24, 2.45) is 0 Å². The second kappa shape index (κ2) is 15.6. The van der Waals surface area contributed by atoms with E-state index in [9.17, 15) is 0 Å². The van der Waals surface area contributed by atoms with Gasteiger partial charge in [0.05, 0.1) is 0 Å². The predicted molar refractivity (Wildman–Crippen MR) is 30.2 cm³/mol. The Labute approximate surface area is 79.6 Å². The molecule has 1 nitrogen and oxygen atoms in total. The molecule has 0 aliphatic rings. The minimum absolute atomic E-state index is 0. The minimum atomic E-state index is 0. The van der Waals surface area contributed by atoms with Crippen molar-refractivity contribution < 1.29 is 21.7 Å². The summed E-state index contributed by atoms with van der Waals surface area (Å²) in [7, 11) is 0. The molecule has 0 heterocycles. The molecule has 7 heavy (non-hydrogen) atoms. The molecule has 0 unspecified atom stereocenters. The first-order chi connectivity index (χ1) is 2.41. The monoisotopic (exact) mass is 329 g/mol. The summed E-state index contributed by atoms with van der Waals surface area (Å²) >= 11 is 0. The van der Waals surface area contributed by atoms with E-state index in [1.54, 1.807) is 0 Å². The predicted octanol–water partition coefficient (Wildman–Crippen LogP) is 1.02. The molecule has 41 valence electrons. The van der Waals surface area contributed by atoms with E-state index in [0.29, 0.717) is 0 Å². The summed E-state index contributed by atoms with van der Waals surface area (Å²) in [6, 6.07) is 0. The van der Waals surface area contributed by atoms with Gasteiger partial charge in [0, 0.05) is 47.9 Å². The Balaban J connectivity index is -0.0000000800. The van der Waals surface area contributed by atoms with Gasteiger partial charge in [0.2, 0.25) is 0 Å². The Morgan fingerprint density at radius 2 is 1.43 bits per heavy atom. The normalized spacial score (nSPS) is 6.00. The van der Waals surface area contributed by atoms with E-state index in [1.165, 1.54) is 0 Å². The quantitative estimate of drug-likeness (QED) is 0.672. The van der Waals surface area contributed by atoms with Gasteiger partial charge in [-0.25, -0.2) is 0 Å². The van der Waals surface area contributed by atoms with Crippen LogP contribution in [0.15, 0.2) is 0 Å². The molecule has 0 fully saturated rings. The Morgan fingerprint density at radius 1 is 1.14 bits per heavy atom. The summed E-state index contributed by atoms with van der Waals surface area (Å²) in [5, 5.41) is 3.97. The summed E-state index contributed by atoms with van der Waals surface area (Å²) in [5.74, 6) is 0. The van der Waals surface area contributed by atoms with Crippen LogP contribution in [0.5, 0.6) is 0 Å². The molecular formula is C4H10BiNTi-. The van der Waals surface area contributed by atoms with Gasteiger partial charge in [-0.2, -0.15) is 13.1 Å². The Kier molecular flexibility index (Phi) is 35.4. The maximum absolute atomic E-state index is 3.97. The summed E-state index contributed by atoms with van der Waals surface area (Å²) in [6.45, 7) is 6.03. The second-order valence-electron chi connectivity index (χ2n) is 0.856. The maximum atomic E-state index is 3.97. The fourth-order valence-corrected chi connectivity index (χ4v) is 0.224. The van der Waals surface area contributed by atoms with Crippen LogP contribution in [-0.2, 0) is 21.7 Å². The third kappa shape index (κ3) is 18.4. The molecule has 0 amide bonds.